The van der Waals surface area contributed by atoms with Crippen molar-refractivity contribution >= 4 is 11.3 Å². The van der Waals surface area contributed by atoms with Gasteiger partial charge in [0.1, 0.15) is 5.76 Å². The molecule has 0 spiro atoms. The predicted molar refractivity (Wildman–Crippen MR) is 74.9 cm³/mol. The Morgan fingerprint density at radius 2 is 2.22 bits per heavy atom. The van der Waals surface area contributed by atoms with Crippen LogP contribution in [0.2, 0.25) is 0 Å². The van der Waals surface area contributed by atoms with Crippen molar-refractivity contribution in [1.29, 1.82) is 0 Å². The Balaban J connectivity index is 2.10. The molecule has 0 saturated heterocycles. The van der Waals surface area contributed by atoms with Gasteiger partial charge >= 0.3 is 0 Å². The molecule has 2 heterocycles. The third-order valence-electron chi connectivity index (χ3n) is 3.08. The zero-order chi connectivity index (χ0) is 13.1. The predicted octanol–water partition coefficient (Wildman–Crippen LogP) is 4.15. The fourth-order valence-corrected chi connectivity index (χ4v) is 3.16. The lowest BCUT2D eigenvalue weighted by atomic mass is 10.1. The summed E-state index contributed by atoms with van der Waals surface area (Å²) < 4.78 is 5.48. The molecule has 0 aliphatic rings. The Hall–Kier alpha value is -1.13. The minimum atomic E-state index is 0.261. The minimum Gasteiger partial charge on any atom is -0.468 e. The Morgan fingerprint density at radius 1 is 1.44 bits per heavy atom. The van der Waals surface area contributed by atoms with Gasteiger partial charge in [-0.3, -0.25) is 5.32 Å². The summed E-state index contributed by atoms with van der Waals surface area (Å²) in [7, 11) is 0. The molecule has 18 heavy (non-hydrogen) atoms. The lowest BCUT2D eigenvalue weighted by Gasteiger charge is -2.20. The molecule has 2 unspecified atom stereocenters. The van der Waals surface area contributed by atoms with Crippen molar-refractivity contribution in [2.24, 2.45) is 0 Å². The second kappa shape index (κ2) is 5.67. The summed E-state index contributed by atoms with van der Waals surface area (Å²) in [4.78, 5) is 5.80. The van der Waals surface area contributed by atoms with Gasteiger partial charge in [0.15, 0.2) is 0 Å². The van der Waals surface area contributed by atoms with Crippen molar-refractivity contribution in [2.75, 3.05) is 0 Å². The van der Waals surface area contributed by atoms with E-state index >= 15 is 0 Å². The monoisotopic (exact) mass is 264 g/mol. The van der Waals surface area contributed by atoms with Gasteiger partial charge < -0.3 is 4.42 Å². The first-order chi connectivity index (χ1) is 8.61. The van der Waals surface area contributed by atoms with Gasteiger partial charge in [0.25, 0.3) is 0 Å². The molecule has 0 saturated carbocycles. The average Bonchev–Trinajstić information content (AvgIpc) is 2.95. The molecule has 0 aliphatic heterocycles. The fourth-order valence-electron chi connectivity index (χ4n) is 2.22. The third kappa shape index (κ3) is 2.82. The minimum absolute atomic E-state index is 0.261. The van der Waals surface area contributed by atoms with Crippen LogP contribution in [0, 0.1) is 13.8 Å². The summed E-state index contributed by atoms with van der Waals surface area (Å²) in [6.45, 7) is 8.48. The van der Waals surface area contributed by atoms with E-state index in [2.05, 4.69) is 38.0 Å². The summed E-state index contributed by atoms with van der Waals surface area (Å²) in [5.74, 6) is 1.00. The quantitative estimate of drug-likeness (QED) is 0.881. The third-order valence-corrected chi connectivity index (χ3v) is 4.33. The highest BCUT2D eigenvalue weighted by Gasteiger charge is 2.18. The van der Waals surface area contributed by atoms with Gasteiger partial charge in [0.05, 0.1) is 23.0 Å². The summed E-state index contributed by atoms with van der Waals surface area (Å²) in [6.07, 6.45) is 2.74. The zero-order valence-electron chi connectivity index (χ0n) is 11.4. The Morgan fingerprint density at radius 3 is 2.72 bits per heavy atom. The molecule has 2 aromatic rings. The number of rotatable bonds is 5. The van der Waals surface area contributed by atoms with E-state index in [-0.39, 0.29) is 6.04 Å². The number of nitrogens with one attached hydrogen (secondary N) is 1. The van der Waals surface area contributed by atoms with Gasteiger partial charge in [0, 0.05) is 10.9 Å². The first kappa shape index (κ1) is 13.3. The van der Waals surface area contributed by atoms with Crippen LogP contribution in [-0.4, -0.2) is 4.98 Å². The maximum Gasteiger partial charge on any atom is 0.120 e. The molecule has 98 valence electrons. The van der Waals surface area contributed by atoms with Crippen molar-refractivity contribution in [3.63, 3.8) is 0 Å². The van der Waals surface area contributed by atoms with E-state index < -0.39 is 0 Å². The SMILES string of the molecule is CCC(NC(C)c1sc(C)nc1C)c1ccco1. The zero-order valence-corrected chi connectivity index (χ0v) is 12.2. The maximum atomic E-state index is 5.48. The molecule has 0 fully saturated rings. The van der Waals surface area contributed by atoms with Gasteiger partial charge in [-0.25, -0.2) is 4.98 Å². The van der Waals surface area contributed by atoms with Crippen LogP contribution in [-0.2, 0) is 0 Å². The second-order valence-electron chi connectivity index (χ2n) is 4.55. The standard InChI is InChI=1S/C14H20N2OS/c1-5-12(13-7-6-8-17-13)16-10(3)14-9(2)15-11(4)18-14/h6-8,10,12,16H,5H2,1-4H3. The summed E-state index contributed by atoms with van der Waals surface area (Å²) in [5.41, 5.74) is 1.13. The molecule has 4 heteroatoms. The van der Waals surface area contributed by atoms with Crippen molar-refractivity contribution in [2.45, 2.75) is 46.2 Å². The van der Waals surface area contributed by atoms with Gasteiger partial charge in [-0.15, -0.1) is 11.3 Å². The topological polar surface area (TPSA) is 38.1 Å². The number of thiazole rings is 1. The maximum absolute atomic E-state index is 5.48. The average molecular weight is 264 g/mol. The van der Waals surface area contributed by atoms with Gasteiger partial charge in [-0.2, -0.15) is 0 Å². The molecule has 0 radical (unpaired) electrons. The first-order valence-corrected chi connectivity index (χ1v) is 7.16. The number of nitrogens with zero attached hydrogens (tertiary/aromatic N) is 1. The van der Waals surface area contributed by atoms with Crippen LogP contribution in [0.25, 0.3) is 0 Å². The van der Waals surface area contributed by atoms with Crippen LogP contribution < -0.4 is 5.32 Å². The van der Waals surface area contributed by atoms with Crippen LogP contribution in [0.3, 0.4) is 0 Å². The van der Waals surface area contributed by atoms with E-state index in [0.29, 0.717) is 6.04 Å². The molecule has 0 aromatic carbocycles. The summed E-state index contributed by atoms with van der Waals surface area (Å²) in [5, 5.41) is 4.74. The molecule has 2 rings (SSSR count). The Labute approximate surface area is 112 Å². The van der Waals surface area contributed by atoms with E-state index in [4.69, 9.17) is 4.42 Å². The van der Waals surface area contributed by atoms with Crippen molar-refractivity contribution in [1.82, 2.24) is 10.3 Å². The highest BCUT2D eigenvalue weighted by atomic mass is 32.1. The van der Waals surface area contributed by atoms with Crippen LogP contribution in [0.4, 0.5) is 0 Å². The lowest BCUT2D eigenvalue weighted by Crippen LogP contribution is -2.23. The normalized spacial score (nSPS) is 14.7. The van der Waals surface area contributed by atoms with Gasteiger partial charge in [0.2, 0.25) is 0 Å². The Bertz CT molecular complexity index is 490. The summed E-state index contributed by atoms with van der Waals surface area (Å²) >= 11 is 1.77. The van der Waals surface area contributed by atoms with E-state index in [1.165, 1.54) is 4.88 Å². The van der Waals surface area contributed by atoms with Crippen LogP contribution in [0.1, 0.15) is 53.7 Å². The lowest BCUT2D eigenvalue weighted by molar-refractivity contribution is 0.378. The molecule has 0 aliphatic carbocycles. The first-order valence-electron chi connectivity index (χ1n) is 6.35. The Kier molecular flexibility index (Phi) is 4.19. The van der Waals surface area contributed by atoms with Crippen molar-refractivity contribution in [3.05, 3.63) is 39.7 Å². The highest BCUT2D eigenvalue weighted by Crippen LogP contribution is 2.28. The number of aryl methyl sites for hydroxylation is 2. The second-order valence-corrected chi connectivity index (χ2v) is 5.78. The van der Waals surface area contributed by atoms with E-state index in [9.17, 15) is 0 Å². The van der Waals surface area contributed by atoms with Gasteiger partial charge in [-0.1, -0.05) is 6.92 Å². The molecule has 2 aromatic heterocycles. The van der Waals surface area contributed by atoms with Crippen LogP contribution in [0.15, 0.2) is 22.8 Å². The molecule has 3 nitrogen and oxygen atoms in total. The highest BCUT2D eigenvalue weighted by molar-refractivity contribution is 7.11. The molecule has 0 bridgehead atoms. The largest absolute Gasteiger partial charge is 0.468 e. The van der Waals surface area contributed by atoms with Crippen molar-refractivity contribution in [3.8, 4) is 0 Å². The van der Waals surface area contributed by atoms with Gasteiger partial charge in [-0.05, 0) is 39.3 Å². The molecule has 0 amide bonds. The molecule has 1 N–H and O–H groups in total. The number of hydrogen-bond donors (Lipinski definition) is 1. The number of furan rings is 1. The van der Waals surface area contributed by atoms with Crippen LogP contribution in [0.5, 0.6) is 0 Å². The summed E-state index contributed by atoms with van der Waals surface area (Å²) in [6, 6.07) is 4.52. The molecule has 2 atom stereocenters. The van der Waals surface area contributed by atoms with E-state index in [0.717, 1.165) is 22.9 Å². The fraction of sp³-hybridized carbons (Fsp3) is 0.500. The molecular formula is C14H20N2OS. The van der Waals surface area contributed by atoms with E-state index in [1.807, 2.05) is 12.1 Å². The number of hydrogen-bond acceptors (Lipinski definition) is 4. The van der Waals surface area contributed by atoms with Crippen molar-refractivity contribution < 1.29 is 4.42 Å². The number of aromatic nitrogens is 1. The van der Waals surface area contributed by atoms with Crippen LogP contribution >= 0.6 is 11.3 Å². The molecular weight excluding hydrogens is 244 g/mol. The van der Waals surface area contributed by atoms with E-state index in [1.54, 1.807) is 17.6 Å². The smallest absolute Gasteiger partial charge is 0.120 e.